The third-order valence-electron chi connectivity index (χ3n) is 5.00. The van der Waals surface area contributed by atoms with E-state index in [4.69, 9.17) is 5.73 Å². The topological polar surface area (TPSA) is 97.3 Å². The molecule has 0 saturated carbocycles. The highest BCUT2D eigenvalue weighted by Gasteiger charge is 2.33. The van der Waals surface area contributed by atoms with Crippen LogP contribution in [0.15, 0.2) is 6.33 Å². The Balaban J connectivity index is 1.56. The van der Waals surface area contributed by atoms with Crippen LogP contribution in [0.3, 0.4) is 0 Å². The lowest BCUT2D eigenvalue weighted by molar-refractivity contribution is -0.138. The van der Waals surface area contributed by atoms with Crippen LogP contribution in [0.25, 0.3) is 0 Å². The highest BCUT2D eigenvalue weighted by atomic mass is 16.2. The van der Waals surface area contributed by atoms with Gasteiger partial charge in [0.25, 0.3) is 0 Å². The summed E-state index contributed by atoms with van der Waals surface area (Å²) >= 11 is 0. The number of nitrogens with zero attached hydrogens (tertiary/aromatic N) is 5. The quantitative estimate of drug-likeness (QED) is 0.848. The van der Waals surface area contributed by atoms with Gasteiger partial charge >= 0.3 is 6.03 Å². The molecule has 126 valence electrons. The van der Waals surface area contributed by atoms with Crippen molar-refractivity contribution in [2.45, 2.75) is 31.6 Å². The Morgan fingerprint density at radius 2 is 1.91 bits per heavy atom. The van der Waals surface area contributed by atoms with Gasteiger partial charge in [0, 0.05) is 39.1 Å². The van der Waals surface area contributed by atoms with E-state index in [1.807, 2.05) is 16.5 Å². The summed E-state index contributed by atoms with van der Waals surface area (Å²) in [6.07, 6.45) is 5.21. The van der Waals surface area contributed by atoms with Crippen LogP contribution in [0.4, 0.5) is 4.79 Å². The molecule has 1 aromatic heterocycles. The van der Waals surface area contributed by atoms with Gasteiger partial charge < -0.3 is 20.1 Å². The number of aromatic nitrogens is 3. The maximum Gasteiger partial charge on any atom is 0.314 e. The van der Waals surface area contributed by atoms with Crippen LogP contribution in [-0.4, -0.2) is 62.7 Å². The Labute approximate surface area is 135 Å². The largest absolute Gasteiger partial charge is 0.351 e. The van der Waals surface area contributed by atoms with Gasteiger partial charge in [-0.15, -0.1) is 10.2 Å². The minimum absolute atomic E-state index is 0.109. The average Bonchev–Trinajstić information content (AvgIpc) is 3.00. The van der Waals surface area contributed by atoms with Crippen molar-refractivity contribution in [1.29, 1.82) is 0 Å². The summed E-state index contributed by atoms with van der Waals surface area (Å²) < 4.78 is 1.95. The first kappa shape index (κ1) is 15.8. The van der Waals surface area contributed by atoms with Crippen molar-refractivity contribution in [2.24, 2.45) is 18.7 Å². The van der Waals surface area contributed by atoms with Crippen molar-refractivity contribution in [3.8, 4) is 0 Å². The zero-order chi connectivity index (χ0) is 16.4. The summed E-state index contributed by atoms with van der Waals surface area (Å²) in [6, 6.07) is -0.427. The molecule has 1 atom stereocenters. The fraction of sp³-hybridized carbons (Fsp3) is 0.733. The van der Waals surface area contributed by atoms with E-state index in [1.54, 1.807) is 11.2 Å². The smallest absolute Gasteiger partial charge is 0.314 e. The van der Waals surface area contributed by atoms with Crippen molar-refractivity contribution < 1.29 is 9.59 Å². The molecule has 3 amide bonds. The molecule has 2 aliphatic heterocycles. The molecule has 2 N–H and O–H groups in total. The molecule has 0 aromatic carbocycles. The molecule has 8 nitrogen and oxygen atoms in total. The number of carbonyl (C=O) groups excluding carboxylic acids is 2. The van der Waals surface area contributed by atoms with Gasteiger partial charge in [-0.05, 0) is 25.7 Å². The summed E-state index contributed by atoms with van der Waals surface area (Å²) in [4.78, 5) is 27.5. The fourth-order valence-electron chi connectivity index (χ4n) is 3.66. The maximum atomic E-state index is 12.7. The zero-order valence-electron chi connectivity index (χ0n) is 13.5. The number of primary amides is 1. The average molecular weight is 320 g/mol. The first-order valence-electron chi connectivity index (χ1n) is 8.23. The second kappa shape index (κ2) is 6.55. The molecule has 0 aliphatic carbocycles. The van der Waals surface area contributed by atoms with Crippen molar-refractivity contribution >= 4 is 11.9 Å². The molecule has 0 bridgehead atoms. The highest BCUT2D eigenvalue weighted by Crippen LogP contribution is 2.28. The SMILES string of the molecule is Cn1cnnc1C1CCN(C(=O)[C@H]2CCCN(C(N)=O)C2)CC1. The number of aryl methyl sites for hydroxylation is 1. The second-order valence-electron chi connectivity index (χ2n) is 6.52. The van der Waals surface area contributed by atoms with Crippen molar-refractivity contribution in [1.82, 2.24) is 24.6 Å². The third kappa shape index (κ3) is 3.30. The van der Waals surface area contributed by atoms with Gasteiger partial charge in [-0.1, -0.05) is 0 Å². The van der Waals surface area contributed by atoms with E-state index in [0.717, 1.165) is 44.6 Å². The van der Waals surface area contributed by atoms with Gasteiger partial charge in [-0.3, -0.25) is 4.79 Å². The minimum Gasteiger partial charge on any atom is -0.351 e. The summed E-state index contributed by atoms with van der Waals surface area (Å²) in [5.74, 6) is 1.41. The van der Waals surface area contributed by atoms with Gasteiger partial charge in [0.05, 0.1) is 5.92 Å². The molecule has 0 unspecified atom stereocenters. The molecule has 0 radical (unpaired) electrons. The van der Waals surface area contributed by atoms with Crippen LogP contribution in [-0.2, 0) is 11.8 Å². The van der Waals surface area contributed by atoms with Gasteiger partial charge in [0.15, 0.2) is 0 Å². The molecule has 1 aromatic rings. The summed E-state index contributed by atoms with van der Waals surface area (Å²) in [5.41, 5.74) is 5.34. The minimum atomic E-state index is -0.427. The van der Waals surface area contributed by atoms with Crippen molar-refractivity contribution in [3.05, 3.63) is 12.2 Å². The number of rotatable bonds is 2. The Morgan fingerprint density at radius 1 is 1.17 bits per heavy atom. The molecule has 2 aliphatic rings. The van der Waals surface area contributed by atoms with E-state index in [2.05, 4.69) is 10.2 Å². The predicted octanol–water partition coefficient (Wildman–Crippen LogP) is 0.312. The number of likely N-dealkylation sites (tertiary alicyclic amines) is 2. The molecule has 2 saturated heterocycles. The predicted molar refractivity (Wildman–Crippen MR) is 83.4 cm³/mol. The highest BCUT2D eigenvalue weighted by molar-refractivity contribution is 5.80. The second-order valence-corrected chi connectivity index (χ2v) is 6.52. The first-order chi connectivity index (χ1) is 11.1. The number of amides is 3. The molecule has 0 spiro atoms. The number of hydrogen-bond donors (Lipinski definition) is 1. The Morgan fingerprint density at radius 3 is 2.52 bits per heavy atom. The number of carbonyl (C=O) groups is 2. The van der Waals surface area contributed by atoms with E-state index < -0.39 is 6.03 Å². The lowest BCUT2D eigenvalue weighted by Crippen LogP contribution is -2.49. The number of urea groups is 1. The van der Waals surface area contributed by atoms with E-state index in [-0.39, 0.29) is 11.8 Å². The Bertz CT molecular complexity index is 578. The third-order valence-corrected chi connectivity index (χ3v) is 5.00. The molecule has 3 rings (SSSR count). The van der Waals surface area contributed by atoms with Crippen LogP contribution in [0.2, 0.25) is 0 Å². The molecular weight excluding hydrogens is 296 g/mol. The lowest BCUT2D eigenvalue weighted by Gasteiger charge is -2.37. The van der Waals surface area contributed by atoms with Gasteiger partial charge in [-0.25, -0.2) is 4.79 Å². The Kier molecular flexibility index (Phi) is 4.49. The summed E-state index contributed by atoms with van der Waals surface area (Å²) in [5, 5.41) is 8.11. The fourth-order valence-corrected chi connectivity index (χ4v) is 3.66. The molecule has 23 heavy (non-hydrogen) atoms. The normalized spacial score (nSPS) is 23.1. The van der Waals surface area contributed by atoms with E-state index >= 15 is 0 Å². The van der Waals surface area contributed by atoms with Gasteiger partial charge in [0.1, 0.15) is 12.2 Å². The summed E-state index contributed by atoms with van der Waals surface area (Å²) in [6.45, 7) is 2.59. The monoisotopic (exact) mass is 320 g/mol. The summed E-state index contributed by atoms with van der Waals surface area (Å²) in [7, 11) is 1.95. The molecule has 3 heterocycles. The van der Waals surface area contributed by atoms with Gasteiger partial charge in [0.2, 0.25) is 5.91 Å². The van der Waals surface area contributed by atoms with Gasteiger partial charge in [-0.2, -0.15) is 0 Å². The number of hydrogen-bond acceptors (Lipinski definition) is 4. The van der Waals surface area contributed by atoms with E-state index in [1.165, 1.54) is 0 Å². The van der Waals surface area contributed by atoms with Crippen LogP contribution < -0.4 is 5.73 Å². The Hall–Kier alpha value is -2.12. The van der Waals surface area contributed by atoms with Crippen molar-refractivity contribution in [2.75, 3.05) is 26.2 Å². The van der Waals surface area contributed by atoms with Crippen LogP contribution in [0, 0.1) is 5.92 Å². The first-order valence-corrected chi connectivity index (χ1v) is 8.23. The van der Waals surface area contributed by atoms with E-state index in [0.29, 0.717) is 19.0 Å². The zero-order valence-corrected chi connectivity index (χ0v) is 13.5. The standard InChI is InChI=1S/C15H24N6O2/c1-19-10-17-18-13(19)11-4-7-20(8-5-11)14(22)12-3-2-6-21(9-12)15(16)23/h10-12H,2-9H2,1H3,(H2,16,23)/t12-/m0/s1. The maximum absolute atomic E-state index is 12.7. The van der Waals surface area contributed by atoms with Crippen LogP contribution >= 0.6 is 0 Å². The number of nitrogens with two attached hydrogens (primary N) is 1. The molecule has 8 heteroatoms. The lowest BCUT2D eigenvalue weighted by atomic mass is 9.92. The van der Waals surface area contributed by atoms with E-state index in [9.17, 15) is 9.59 Å². The van der Waals surface area contributed by atoms with Crippen molar-refractivity contribution in [3.63, 3.8) is 0 Å². The molecular formula is C15H24N6O2. The van der Waals surface area contributed by atoms with Crippen LogP contribution in [0.5, 0.6) is 0 Å². The van der Waals surface area contributed by atoms with Crippen LogP contribution in [0.1, 0.15) is 37.4 Å². The number of piperidine rings is 2. The molecule has 2 fully saturated rings.